The van der Waals surface area contributed by atoms with Crippen molar-refractivity contribution in [2.45, 2.75) is 45.1 Å². The quantitative estimate of drug-likeness (QED) is 0.868. The lowest BCUT2D eigenvalue weighted by Gasteiger charge is -2.26. The standard InChI is InChI=1S/C17H28N2O/c1-15-5-3-2-4-12-19(15)13-14-20-17-8-6-16(7-9-17)10-11-18/h6-9,15H,2-5,10-14,18H2,1H3. The van der Waals surface area contributed by atoms with Gasteiger partial charge in [-0.05, 0) is 57.0 Å². The predicted molar refractivity (Wildman–Crippen MR) is 84.2 cm³/mol. The summed E-state index contributed by atoms with van der Waals surface area (Å²) in [7, 11) is 0. The highest BCUT2D eigenvalue weighted by Crippen LogP contribution is 2.16. The second kappa shape index (κ2) is 8.28. The lowest BCUT2D eigenvalue weighted by atomic mass is 10.1. The predicted octanol–water partition coefficient (Wildman–Crippen LogP) is 2.83. The van der Waals surface area contributed by atoms with E-state index in [0.29, 0.717) is 12.6 Å². The molecule has 1 fully saturated rings. The fourth-order valence-electron chi connectivity index (χ4n) is 2.87. The van der Waals surface area contributed by atoms with Gasteiger partial charge in [0.15, 0.2) is 0 Å². The van der Waals surface area contributed by atoms with Gasteiger partial charge >= 0.3 is 0 Å². The number of hydrogen-bond acceptors (Lipinski definition) is 3. The molecule has 1 atom stereocenters. The lowest BCUT2D eigenvalue weighted by Crippen LogP contribution is -2.35. The molecule has 0 aliphatic carbocycles. The smallest absolute Gasteiger partial charge is 0.119 e. The van der Waals surface area contributed by atoms with E-state index in [1.807, 2.05) is 0 Å². The number of nitrogens with two attached hydrogens (primary N) is 1. The van der Waals surface area contributed by atoms with E-state index in [1.54, 1.807) is 0 Å². The molecule has 112 valence electrons. The van der Waals surface area contributed by atoms with Crippen molar-refractivity contribution >= 4 is 0 Å². The fourth-order valence-corrected chi connectivity index (χ4v) is 2.87. The number of ether oxygens (including phenoxy) is 1. The van der Waals surface area contributed by atoms with Crippen LogP contribution in [0, 0.1) is 0 Å². The third kappa shape index (κ3) is 4.80. The van der Waals surface area contributed by atoms with Crippen LogP contribution in [0.5, 0.6) is 5.75 Å². The van der Waals surface area contributed by atoms with E-state index in [9.17, 15) is 0 Å². The van der Waals surface area contributed by atoms with Crippen molar-refractivity contribution in [3.63, 3.8) is 0 Å². The van der Waals surface area contributed by atoms with Gasteiger partial charge < -0.3 is 10.5 Å². The normalized spacial score (nSPS) is 20.6. The zero-order valence-corrected chi connectivity index (χ0v) is 12.7. The Morgan fingerprint density at radius 3 is 2.75 bits per heavy atom. The van der Waals surface area contributed by atoms with Crippen LogP contribution < -0.4 is 10.5 Å². The summed E-state index contributed by atoms with van der Waals surface area (Å²) in [5, 5.41) is 0. The number of likely N-dealkylation sites (tertiary alicyclic amines) is 1. The van der Waals surface area contributed by atoms with Gasteiger partial charge in [-0.2, -0.15) is 0 Å². The molecule has 0 aromatic heterocycles. The van der Waals surface area contributed by atoms with Crippen LogP contribution in [0.2, 0.25) is 0 Å². The molecule has 0 amide bonds. The van der Waals surface area contributed by atoms with E-state index >= 15 is 0 Å². The van der Waals surface area contributed by atoms with E-state index in [0.717, 1.165) is 25.3 Å². The highest BCUT2D eigenvalue weighted by Gasteiger charge is 2.16. The van der Waals surface area contributed by atoms with E-state index < -0.39 is 0 Å². The summed E-state index contributed by atoms with van der Waals surface area (Å²) in [6.45, 7) is 6.08. The second-order valence-corrected chi connectivity index (χ2v) is 5.77. The number of hydrogen-bond donors (Lipinski definition) is 1. The number of nitrogens with zero attached hydrogens (tertiary/aromatic N) is 1. The molecule has 1 heterocycles. The minimum Gasteiger partial charge on any atom is -0.492 e. The average molecular weight is 276 g/mol. The molecule has 0 bridgehead atoms. The molecule has 3 nitrogen and oxygen atoms in total. The molecule has 1 aromatic rings. The Hall–Kier alpha value is -1.06. The summed E-state index contributed by atoms with van der Waals surface area (Å²) in [4.78, 5) is 2.57. The maximum Gasteiger partial charge on any atom is 0.119 e. The first kappa shape index (κ1) is 15.3. The Labute approximate surface area is 123 Å². The molecule has 0 radical (unpaired) electrons. The first-order valence-corrected chi connectivity index (χ1v) is 7.95. The summed E-state index contributed by atoms with van der Waals surface area (Å²) in [5.41, 5.74) is 6.83. The summed E-state index contributed by atoms with van der Waals surface area (Å²) < 4.78 is 5.86. The summed E-state index contributed by atoms with van der Waals surface area (Å²) in [5.74, 6) is 0.966. The third-order valence-electron chi connectivity index (χ3n) is 4.19. The lowest BCUT2D eigenvalue weighted by molar-refractivity contribution is 0.171. The largest absolute Gasteiger partial charge is 0.492 e. The Bertz CT molecular complexity index is 377. The molecule has 1 aliphatic rings. The van der Waals surface area contributed by atoms with E-state index in [1.165, 1.54) is 37.8 Å². The van der Waals surface area contributed by atoms with Crippen LogP contribution in [-0.2, 0) is 6.42 Å². The number of rotatable bonds is 6. The van der Waals surface area contributed by atoms with Gasteiger partial charge in [-0.15, -0.1) is 0 Å². The molecule has 2 N–H and O–H groups in total. The summed E-state index contributed by atoms with van der Waals surface area (Å²) >= 11 is 0. The van der Waals surface area contributed by atoms with Crippen molar-refractivity contribution in [1.29, 1.82) is 0 Å². The number of benzene rings is 1. The molecule has 1 unspecified atom stereocenters. The van der Waals surface area contributed by atoms with Gasteiger partial charge in [-0.1, -0.05) is 25.0 Å². The van der Waals surface area contributed by atoms with E-state index in [4.69, 9.17) is 10.5 Å². The molecular formula is C17H28N2O. The van der Waals surface area contributed by atoms with Crippen LogP contribution >= 0.6 is 0 Å². The minimum atomic E-state index is 0.701. The van der Waals surface area contributed by atoms with Gasteiger partial charge in [0.25, 0.3) is 0 Å². The van der Waals surface area contributed by atoms with Crippen molar-refractivity contribution in [3.8, 4) is 5.75 Å². The van der Waals surface area contributed by atoms with Crippen LogP contribution in [0.4, 0.5) is 0 Å². The van der Waals surface area contributed by atoms with Crippen LogP contribution in [-0.4, -0.2) is 37.2 Å². The van der Waals surface area contributed by atoms with Crippen LogP contribution in [0.3, 0.4) is 0 Å². The summed E-state index contributed by atoms with van der Waals surface area (Å²) in [6, 6.07) is 9.02. The van der Waals surface area contributed by atoms with Gasteiger partial charge in [0.05, 0.1) is 0 Å². The van der Waals surface area contributed by atoms with Gasteiger partial charge in [-0.3, -0.25) is 4.90 Å². The van der Waals surface area contributed by atoms with Gasteiger partial charge in [0.1, 0.15) is 12.4 Å². The molecular weight excluding hydrogens is 248 g/mol. The fraction of sp³-hybridized carbons (Fsp3) is 0.647. The summed E-state index contributed by atoms with van der Waals surface area (Å²) in [6.07, 6.45) is 6.35. The molecule has 20 heavy (non-hydrogen) atoms. The molecule has 1 saturated heterocycles. The Kier molecular flexibility index (Phi) is 6.34. The first-order valence-electron chi connectivity index (χ1n) is 7.95. The Balaban J connectivity index is 1.74. The van der Waals surface area contributed by atoms with E-state index in [2.05, 4.69) is 36.1 Å². The molecule has 0 saturated carbocycles. The first-order chi connectivity index (χ1) is 9.79. The third-order valence-corrected chi connectivity index (χ3v) is 4.19. The highest BCUT2D eigenvalue weighted by atomic mass is 16.5. The van der Waals surface area contributed by atoms with Gasteiger partial charge in [0, 0.05) is 12.6 Å². The van der Waals surface area contributed by atoms with Crippen molar-refractivity contribution in [1.82, 2.24) is 4.90 Å². The second-order valence-electron chi connectivity index (χ2n) is 5.77. The Morgan fingerprint density at radius 1 is 1.20 bits per heavy atom. The topological polar surface area (TPSA) is 38.5 Å². The molecule has 1 aliphatic heterocycles. The highest BCUT2D eigenvalue weighted by molar-refractivity contribution is 5.27. The maximum atomic E-state index is 5.86. The monoisotopic (exact) mass is 276 g/mol. The van der Waals surface area contributed by atoms with Crippen molar-refractivity contribution in [3.05, 3.63) is 29.8 Å². The van der Waals surface area contributed by atoms with Crippen molar-refractivity contribution < 1.29 is 4.74 Å². The minimum absolute atomic E-state index is 0.701. The van der Waals surface area contributed by atoms with Gasteiger partial charge in [-0.25, -0.2) is 0 Å². The zero-order chi connectivity index (χ0) is 14.2. The maximum absolute atomic E-state index is 5.86. The molecule has 2 rings (SSSR count). The van der Waals surface area contributed by atoms with Crippen LogP contribution in [0.15, 0.2) is 24.3 Å². The van der Waals surface area contributed by atoms with Gasteiger partial charge in [0.2, 0.25) is 0 Å². The molecule has 1 aromatic carbocycles. The van der Waals surface area contributed by atoms with Crippen molar-refractivity contribution in [2.24, 2.45) is 5.73 Å². The zero-order valence-electron chi connectivity index (χ0n) is 12.7. The molecule has 3 heteroatoms. The molecule has 0 spiro atoms. The van der Waals surface area contributed by atoms with E-state index in [-0.39, 0.29) is 0 Å². The average Bonchev–Trinajstić information content (AvgIpc) is 2.66. The SMILES string of the molecule is CC1CCCCCN1CCOc1ccc(CCN)cc1. The van der Waals surface area contributed by atoms with Crippen molar-refractivity contribution in [2.75, 3.05) is 26.2 Å². The van der Waals surface area contributed by atoms with Crippen LogP contribution in [0.1, 0.15) is 38.2 Å². The Morgan fingerprint density at radius 2 is 2.00 bits per heavy atom. The van der Waals surface area contributed by atoms with Crippen LogP contribution in [0.25, 0.3) is 0 Å².